The molecule has 2 aromatic rings. The van der Waals surface area contributed by atoms with Crippen molar-refractivity contribution in [3.63, 3.8) is 0 Å². The minimum Gasteiger partial charge on any atom is -0.207 e. The van der Waals surface area contributed by atoms with Crippen LogP contribution in [0.4, 0.5) is 13.2 Å². The summed E-state index contributed by atoms with van der Waals surface area (Å²) in [6, 6.07) is 5.46. The summed E-state index contributed by atoms with van der Waals surface area (Å²) < 4.78 is 65.4. The zero-order chi connectivity index (χ0) is 15.6. The first-order chi connectivity index (χ1) is 9.79. The molecule has 0 amide bonds. The number of nitrogens with one attached hydrogen (secondary N) is 1. The second kappa shape index (κ2) is 6.05. The van der Waals surface area contributed by atoms with Gasteiger partial charge in [0.1, 0.15) is 22.3 Å². The Bertz CT molecular complexity index is 781. The molecular formula is C13H9ClF3NO2S. The molecule has 2 rings (SSSR count). The Hall–Kier alpha value is -1.57. The van der Waals surface area contributed by atoms with Crippen molar-refractivity contribution >= 4 is 21.6 Å². The van der Waals surface area contributed by atoms with Gasteiger partial charge in [-0.2, -0.15) is 0 Å². The summed E-state index contributed by atoms with van der Waals surface area (Å²) in [5.74, 6) is -2.12. The van der Waals surface area contributed by atoms with Gasteiger partial charge in [0.25, 0.3) is 0 Å². The Morgan fingerprint density at radius 3 is 2.29 bits per heavy atom. The van der Waals surface area contributed by atoms with Gasteiger partial charge in [0.2, 0.25) is 10.0 Å². The summed E-state index contributed by atoms with van der Waals surface area (Å²) in [6.07, 6.45) is 0. The van der Waals surface area contributed by atoms with Crippen molar-refractivity contribution in [1.29, 1.82) is 0 Å². The van der Waals surface area contributed by atoms with Gasteiger partial charge in [0, 0.05) is 12.1 Å². The first kappa shape index (κ1) is 15.8. The van der Waals surface area contributed by atoms with Crippen LogP contribution in [-0.2, 0) is 16.6 Å². The summed E-state index contributed by atoms with van der Waals surface area (Å²) in [5.41, 5.74) is -0.156. The molecule has 0 unspecified atom stereocenters. The lowest BCUT2D eigenvalue weighted by molar-refractivity contribution is 0.566. The van der Waals surface area contributed by atoms with Crippen molar-refractivity contribution < 1.29 is 21.6 Å². The molecule has 0 spiro atoms. The van der Waals surface area contributed by atoms with Gasteiger partial charge >= 0.3 is 0 Å². The summed E-state index contributed by atoms with van der Waals surface area (Å²) in [5, 5.41) is -0.304. The number of hydrogen-bond donors (Lipinski definition) is 1. The third-order valence-corrected chi connectivity index (χ3v) is 4.53. The van der Waals surface area contributed by atoms with E-state index < -0.39 is 34.0 Å². The largest absolute Gasteiger partial charge is 0.242 e. The lowest BCUT2D eigenvalue weighted by Crippen LogP contribution is -2.24. The van der Waals surface area contributed by atoms with E-state index in [1.54, 1.807) is 0 Å². The number of rotatable bonds is 4. The van der Waals surface area contributed by atoms with E-state index in [4.69, 9.17) is 11.6 Å². The van der Waals surface area contributed by atoms with Crippen LogP contribution >= 0.6 is 11.6 Å². The molecule has 0 heterocycles. The quantitative estimate of drug-likeness (QED) is 0.932. The second-order valence-electron chi connectivity index (χ2n) is 4.14. The van der Waals surface area contributed by atoms with Crippen LogP contribution in [0.2, 0.25) is 5.02 Å². The molecule has 0 aliphatic rings. The van der Waals surface area contributed by atoms with Crippen LogP contribution in [0.15, 0.2) is 41.3 Å². The zero-order valence-corrected chi connectivity index (χ0v) is 12.0. The van der Waals surface area contributed by atoms with Crippen LogP contribution in [0.5, 0.6) is 0 Å². The highest BCUT2D eigenvalue weighted by Crippen LogP contribution is 2.22. The van der Waals surface area contributed by atoms with Crippen LogP contribution in [0.3, 0.4) is 0 Å². The molecule has 0 atom stereocenters. The molecule has 8 heteroatoms. The monoisotopic (exact) mass is 335 g/mol. The second-order valence-corrected chi connectivity index (χ2v) is 6.28. The minimum atomic E-state index is -4.07. The minimum absolute atomic E-state index is 0.156. The third kappa shape index (κ3) is 3.75. The number of halogens is 4. The summed E-state index contributed by atoms with van der Waals surface area (Å²) in [6.45, 7) is -0.459. The molecular weight excluding hydrogens is 327 g/mol. The Labute approximate surface area is 124 Å². The molecule has 0 aromatic heterocycles. The van der Waals surface area contributed by atoms with Crippen LogP contribution in [0.25, 0.3) is 0 Å². The van der Waals surface area contributed by atoms with Gasteiger partial charge in [-0.25, -0.2) is 26.3 Å². The molecule has 0 bridgehead atoms. The molecule has 0 aliphatic carbocycles. The predicted octanol–water partition coefficient (Wildman–Crippen LogP) is 3.24. The highest BCUT2D eigenvalue weighted by molar-refractivity contribution is 7.89. The van der Waals surface area contributed by atoms with Crippen molar-refractivity contribution in [2.75, 3.05) is 0 Å². The fourth-order valence-corrected chi connectivity index (χ4v) is 3.16. The van der Waals surface area contributed by atoms with E-state index in [2.05, 4.69) is 4.72 Å². The maximum atomic E-state index is 13.4. The fourth-order valence-electron chi connectivity index (χ4n) is 1.62. The molecule has 0 saturated carbocycles. The summed E-state index contributed by atoms with van der Waals surface area (Å²) in [7, 11) is -4.07. The van der Waals surface area contributed by atoms with Crippen molar-refractivity contribution in [3.05, 3.63) is 64.4 Å². The molecule has 3 nitrogen and oxygen atoms in total. The average Bonchev–Trinajstić information content (AvgIpc) is 2.39. The van der Waals surface area contributed by atoms with Gasteiger partial charge in [-0.3, -0.25) is 0 Å². The van der Waals surface area contributed by atoms with Gasteiger partial charge in [-0.1, -0.05) is 11.6 Å². The van der Waals surface area contributed by atoms with E-state index in [1.807, 2.05) is 0 Å². The van der Waals surface area contributed by atoms with Crippen LogP contribution in [0.1, 0.15) is 5.56 Å². The van der Waals surface area contributed by atoms with Gasteiger partial charge in [-0.05, 0) is 36.4 Å². The van der Waals surface area contributed by atoms with Crippen LogP contribution in [-0.4, -0.2) is 8.42 Å². The molecule has 0 aliphatic heterocycles. The highest BCUT2D eigenvalue weighted by Gasteiger charge is 2.18. The maximum Gasteiger partial charge on any atom is 0.242 e. The number of hydrogen-bond acceptors (Lipinski definition) is 2. The van der Waals surface area contributed by atoms with E-state index >= 15 is 0 Å². The zero-order valence-electron chi connectivity index (χ0n) is 10.4. The Morgan fingerprint density at radius 2 is 1.62 bits per heavy atom. The van der Waals surface area contributed by atoms with E-state index in [0.717, 1.165) is 36.4 Å². The van der Waals surface area contributed by atoms with E-state index in [9.17, 15) is 21.6 Å². The van der Waals surface area contributed by atoms with Gasteiger partial charge in [0.15, 0.2) is 0 Å². The normalized spacial score (nSPS) is 11.6. The Balaban J connectivity index is 2.24. The topological polar surface area (TPSA) is 46.2 Å². The van der Waals surface area contributed by atoms with Gasteiger partial charge in [0.05, 0.1) is 5.02 Å². The fraction of sp³-hybridized carbons (Fsp3) is 0.0769. The highest BCUT2D eigenvalue weighted by atomic mass is 35.5. The maximum absolute atomic E-state index is 13.4. The van der Waals surface area contributed by atoms with E-state index in [-0.39, 0.29) is 15.5 Å². The predicted molar refractivity (Wildman–Crippen MR) is 71.8 cm³/mol. The number of sulfonamides is 1. The summed E-state index contributed by atoms with van der Waals surface area (Å²) >= 11 is 5.66. The molecule has 0 saturated heterocycles. The molecule has 0 fully saturated rings. The summed E-state index contributed by atoms with van der Waals surface area (Å²) in [4.78, 5) is -0.345. The lowest BCUT2D eigenvalue weighted by Gasteiger charge is -2.09. The van der Waals surface area contributed by atoms with Crippen LogP contribution in [0, 0.1) is 17.5 Å². The standard InChI is InChI=1S/C13H9ClF3NO2S/c14-11-6-10(16)2-4-13(11)21(19,20)18-7-8-5-9(15)1-3-12(8)17/h1-6,18H,7H2. The molecule has 1 N–H and O–H groups in total. The van der Waals surface area contributed by atoms with Gasteiger partial charge in [-0.15, -0.1) is 0 Å². The number of benzene rings is 2. The smallest absolute Gasteiger partial charge is 0.207 e. The van der Waals surface area contributed by atoms with Crippen molar-refractivity contribution in [3.8, 4) is 0 Å². The van der Waals surface area contributed by atoms with Crippen molar-refractivity contribution in [2.45, 2.75) is 11.4 Å². The Kier molecular flexibility index (Phi) is 4.55. The average molecular weight is 336 g/mol. The molecule has 0 radical (unpaired) electrons. The lowest BCUT2D eigenvalue weighted by atomic mass is 10.2. The third-order valence-electron chi connectivity index (χ3n) is 2.64. The first-order valence-corrected chi connectivity index (χ1v) is 7.54. The Morgan fingerprint density at radius 1 is 1.00 bits per heavy atom. The first-order valence-electron chi connectivity index (χ1n) is 5.68. The molecule has 21 heavy (non-hydrogen) atoms. The van der Waals surface area contributed by atoms with Gasteiger partial charge < -0.3 is 0 Å². The molecule has 112 valence electrons. The van der Waals surface area contributed by atoms with Crippen molar-refractivity contribution in [2.24, 2.45) is 0 Å². The van der Waals surface area contributed by atoms with E-state index in [1.165, 1.54) is 0 Å². The van der Waals surface area contributed by atoms with E-state index in [0.29, 0.717) is 0 Å². The molecule has 2 aromatic carbocycles. The van der Waals surface area contributed by atoms with Crippen molar-refractivity contribution in [1.82, 2.24) is 4.72 Å². The van der Waals surface area contributed by atoms with Crippen LogP contribution < -0.4 is 4.72 Å². The SMILES string of the molecule is O=S(=O)(NCc1cc(F)ccc1F)c1ccc(F)cc1Cl.